The standard InChI is InChI=1S/C18H30N7.BrH/c1-23(12-5-11-20)17-8-6-16(7-9-17)21-22-18-24(2)14-15-25(18)13-4-3-10-19;/h6-9,14-15H,3-5,10-13,19-20H2,1-2H3;1H/q+1;/p-1. The Morgan fingerprint density at radius 3 is 2.38 bits per heavy atom. The van der Waals surface area contributed by atoms with Gasteiger partial charge in [0, 0.05) is 24.4 Å². The van der Waals surface area contributed by atoms with Crippen LogP contribution in [0.3, 0.4) is 0 Å². The van der Waals surface area contributed by atoms with Gasteiger partial charge in [-0.15, -0.1) is 0 Å². The maximum absolute atomic E-state index is 5.56. The number of rotatable bonds is 10. The van der Waals surface area contributed by atoms with Gasteiger partial charge < -0.3 is 33.3 Å². The van der Waals surface area contributed by atoms with Gasteiger partial charge in [0.25, 0.3) is 0 Å². The molecule has 0 atom stereocenters. The third-order valence-electron chi connectivity index (χ3n) is 4.14. The van der Waals surface area contributed by atoms with Crippen molar-refractivity contribution < 1.29 is 21.5 Å². The lowest BCUT2D eigenvalue weighted by atomic mass is 10.2. The summed E-state index contributed by atoms with van der Waals surface area (Å²) in [4.78, 5) is 2.19. The SMILES string of the molecule is CN(CCCN)c1ccc(N=Nc2n(CCCCN)cc[n+]2C)cc1.[Br-]. The third kappa shape index (κ3) is 6.51. The molecular weight excluding hydrogens is 394 g/mol. The summed E-state index contributed by atoms with van der Waals surface area (Å²) in [7, 11) is 4.05. The summed E-state index contributed by atoms with van der Waals surface area (Å²) >= 11 is 0. The van der Waals surface area contributed by atoms with Crippen LogP contribution in [-0.2, 0) is 13.6 Å². The predicted molar refractivity (Wildman–Crippen MR) is 101 cm³/mol. The van der Waals surface area contributed by atoms with E-state index in [1.165, 1.54) is 0 Å². The van der Waals surface area contributed by atoms with Gasteiger partial charge in [0.2, 0.25) is 0 Å². The second kappa shape index (κ2) is 11.8. The number of hydrogen-bond acceptors (Lipinski definition) is 5. The van der Waals surface area contributed by atoms with Crippen molar-refractivity contribution in [3.05, 3.63) is 36.7 Å². The zero-order valence-corrected chi connectivity index (χ0v) is 17.3. The van der Waals surface area contributed by atoms with E-state index in [4.69, 9.17) is 11.5 Å². The van der Waals surface area contributed by atoms with Gasteiger partial charge >= 0.3 is 5.95 Å². The predicted octanol–water partition coefficient (Wildman–Crippen LogP) is -0.744. The van der Waals surface area contributed by atoms with Crippen LogP contribution < -0.4 is 37.9 Å². The number of hydrogen-bond donors (Lipinski definition) is 2. The van der Waals surface area contributed by atoms with E-state index in [2.05, 4.69) is 38.9 Å². The smallest absolute Gasteiger partial charge is 0.421 e. The molecule has 1 aromatic heterocycles. The van der Waals surface area contributed by atoms with Crippen LogP contribution >= 0.6 is 0 Å². The van der Waals surface area contributed by atoms with Gasteiger partial charge in [-0.25, -0.2) is 9.13 Å². The number of halogens is 1. The number of azo groups is 1. The van der Waals surface area contributed by atoms with E-state index in [1.54, 1.807) is 0 Å². The Bertz CT molecular complexity index is 667. The number of nitrogens with two attached hydrogens (primary N) is 2. The molecule has 0 saturated carbocycles. The lowest BCUT2D eigenvalue weighted by Crippen LogP contribution is -3.00. The van der Waals surface area contributed by atoms with Gasteiger partial charge in [-0.1, -0.05) is 5.11 Å². The number of benzene rings is 1. The molecule has 2 aromatic rings. The van der Waals surface area contributed by atoms with Crippen molar-refractivity contribution in [1.29, 1.82) is 0 Å². The molecule has 0 bridgehead atoms. The molecule has 0 unspecified atom stereocenters. The van der Waals surface area contributed by atoms with E-state index < -0.39 is 0 Å². The highest BCUT2D eigenvalue weighted by atomic mass is 79.9. The Morgan fingerprint density at radius 1 is 1.04 bits per heavy atom. The molecule has 0 fully saturated rings. The fraction of sp³-hybridized carbons (Fsp3) is 0.500. The van der Waals surface area contributed by atoms with Gasteiger partial charge in [-0.05, 0) is 56.6 Å². The van der Waals surface area contributed by atoms with Crippen LogP contribution in [0.15, 0.2) is 46.9 Å². The first-order chi connectivity index (χ1) is 12.2. The highest BCUT2D eigenvalue weighted by Gasteiger charge is 2.13. The number of anilines is 1. The Morgan fingerprint density at radius 2 is 1.73 bits per heavy atom. The van der Waals surface area contributed by atoms with Crippen LogP contribution in [0.5, 0.6) is 0 Å². The maximum atomic E-state index is 5.56. The van der Waals surface area contributed by atoms with E-state index in [-0.39, 0.29) is 17.0 Å². The Balaban J connectivity index is 0.00000338. The van der Waals surface area contributed by atoms with Gasteiger partial charge in [0.15, 0.2) is 0 Å². The zero-order valence-electron chi connectivity index (χ0n) is 15.7. The molecule has 0 saturated heterocycles. The summed E-state index contributed by atoms with van der Waals surface area (Å²) in [6.07, 6.45) is 7.05. The first-order valence-electron chi connectivity index (χ1n) is 8.83. The normalized spacial score (nSPS) is 10.9. The molecule has 1 aromatic carbocycles. The van der Waals surface area contributed by atoms with Gasteiger partial charge in [0.05, 0.1) is 26.0 Å². The lowest BCUT2D eigenvalue weighted by Gasteiger charge is -2.18. The molecule has 1 heterocycles. The molecule has 4 N–H and O–H groups in total. The molecule has 26 heavy (non-hydrogen) atoms. The quantitative estimate of drug-likeness (QED) is 0.299. The number of nitrogens with zero attached hydrogens (tertiary/aromatic N) is 5. The fourth-order valence-electron chi connectivity index (χ4n) is 2.58. The average molecular weight is 424 g/mol. The Hall–Kier alpha value is -1.77. The van der Waals surface area contributed by atoms with Crippen molar-refractivity contribution in [1.82, 2.24) is 4.57 Å². The highest BCUT2D eigenvalue weighted by Crippen LogP contribution is 2.21. The summed E-state index contributed by atoms with van der Waals surface area (Å²) in [5, 5.41) is 8.81. The second-order valence-corrected chi connectivity index (χ2v) is 6.18. The minimum absolute atomic E-state index is 0. The summed E-state index contributed by atoms with van der Waals surface area (Å²) in [6, 6.07) is 8.09. The van der Waals surface area contributed by atoms with Gasteiger partial charge in [-0.2, -0.15) is 0 Å². The summed E-state index contributed by atoms with van der Waals surface area (Å²) in [5.41, 5.74) is 13.1. The van der Waals surface area contributed by atoms with E-state index in [0.29, 0.717) is 6.54 Å². The molecule has 144 valence electrons. The van der Waals surface area contributed by atoms with Crippen LogP contribution in [0.4, 0.5) is 17.3 Å². The maximum Gasteiger partial charge on any atom is 0.421 e. The van der Waals surface area contributed by atoms with E-state index in [0.717, 1.165) is 56.2 Å². The van der Waals surface area contributed by atoms with Crippen LogP contribution in [0.1, 0.15) is 19.3 Å². The topological polar surface area (TPSA) is 88.8 Å². The van der Waals surface area contributed by atoms with Crippen LogP contribution in [-0.4, -0.2) is 31.2 Å². The number of imidazole rings is 1. The molecular formula is C18H30BrN7. The van der Waals surface area contributed by atoms with E-state index in [9.17, 15) is 0 Å². The van der Waals surface area contributed by atoms with Crippen molar-refractivity contribution in [3.8, 4) is 0 Å². The summed E-state index contributed by atoms with van der Waals surface area (Å²) in [5.74, 6) is 0.834. The van der Waals surface area contributed by atoms with Crippen LogP contribution in [0, 0.1) is 0 Å². The van der Waals surface area contributed by atoms with Crippen LogP contribution in [0.25, 0.3) is 0 Å². The number of aryl methyl sites for hydroxylation is 2. The Labute approximate surface area is 166 Å². The first kappa shape index (κ1) is 22.3. The molecule has 0 aliphatic rings. The highest BCUT2D eigenvalue weighted by molar-refractivity contribution is 5.52. The van der Waals surface area contributed by atoms with E-state index in [1.807, 2.05) is 36.1 Å². The molecule has 7 nitrogen and oxygen atoms in total. The largest absolute Gasteiger partial charge is 1.00 e. The third-order valence-corrected chi connectivity index (χ3v) is 4.14. The van der Waals surface area contributed by atoms with Crippen molar-refractivity contribution in [3.63, 3.8) is 0 Å². The summed E-state index contributed by atoms with van der Waals surface area (Å²) < 4.78 is 4.08. The van der Waals surface area contributed by atoms with Crippen LogP contribution in [0.2, 0.25) is 0 Å². The monoisotopic (exact) mass is 423 g/mol. The average Bonchev–Trinajstić information content (AvgIpc) is 2.98. The van der Waals surface area contributed by atoms with Gasteiger partial charge in [-0.3, -0.25) is 0 Å². The van der Waals surface area contributed by atoms with Crippen molar-refractivity contribution in [2.24, 2.45) is 28.7 Å². The minimum atomic E-state index is 0. The van der Waals surface area contributed by atoms with Gasteiger partial charge in [0.1, 0.15) is 5.69 Å². The minimum Gasteiger partial charge on any atom is -1.00 e. The molecule has 0 spiro atoms. The molecule has 0 radical (unpaired) electrons. The van der Waals surface area contributed by atoms with Crippen molar-refractivity contribution in [2.75, 3.05) is 31.6 Å². The first-order valence-corrected chi connectivity index (χ1v) is 8.83. The fourth-order valence-corrected chi connectivity index (χ4v) is 2.58. The molecule has 8 heteroatoms. The number of aromatic nitrogens is 2. The van der Waals surface area contributed by atoms with E-state index >= 15 is 0 Å². The van der Waals surface area contributed by atoms with Crippen molar-refractivity contribution in [2.45, 2.75) is 25.8 Å². The summed E-state index contributed by atoms with van der Waals surface area (Å²) in [6.45, 7) is 3.27. The van der Waals surface area contributed by atoms with Crippen molar-refractivity contribution >= 4 is 17.3 Å². The molecule has 0 aliphatic carbocycles. The molecule has 0 amide bonds. The number of unbranched alkanes of at least 4 members (excludes halogenated alkanes) is 1. The Kier molecular flexibility index (Phi) is 10.1. The molecule has 0 aliphatic heterocycles. The second-order valence-electron chi connectivity index (χ2n) is 6.18. The lowest BCUT2D eigenvalue weighted by molar-refractivity contribution is -0.657. The molecule has 2 rings (SSSR count). The zero-order chi connectivity index (χ0) is 18.1.